The van der Waals surface area contributed by atoms with Gasteiger partial charge in [-0.15, -0.1) is 0 Å². The standard InChI is InChI=1S/C22H27N3O3/c1-14(2)18-8-4-6-15(3)20(18)25-22(27)19-12-16(9-10-23-19)21(26)24-13-17-7-5-11-28-17/h4,6,8-10,12,14,17H,5,7,11,13H2,1-3H3,(H,24,26)(H,25,27). The topological polar surface area (TPSA) is 80.3 Å². The number of amides is 2. The van der Waals surface area contributed by atoms with Gasteiger partial charge in [-0.2, -0.15) is 0 Å². The molecule has 1 aromatic heterocycles. The minimum absolute atomic E-state index is 0.0732. The number of hydrogen-bond donors (Lipinski definition) is 2. The Bertz CT molecular complexity index is 858. The smallest absolute Gasteiger partial charge is 0.274 e. The highest BCUT2D eigenvalue weighted by molar-refractivity contribution is 6.05. The molecule has 3 rings (SSSR count). The molecule has 1 fully saturated rings. The van der Waals surface area contributed by atoms with E-state index in [0.717, 1.165) is 36.3 Å². The number of hydrogen-bond acceptors (Lipinski definition) is 4. The van der Waals surface area contributed by atoms with Crippen molar-refractivity contribution in [3.63, 3.8) is 0 Å². The van der Waals surface area contributed by atoms with Crippen LogP contribution in [0.3, 0.4) is 0 Å². The Morgan fingerprint density at radius 1 is 1.25 bits per heavy atom. The number of nitrogens with one attached hydrogen (secondary N) is 2. The lowest BCUT2D eigenvalue weighted by Crippen LogP contribution is -2.32. The maximum atomic E-state index is 12.8. The molecule has 0 aliphatic carbocycles. The Hall–Kier alpha value is -2.73. The molecule has 1 atom stereocenters. The third kappa shape index (κ3) is 4.75. The zero-order valence-corrected chi connectivity index (χ0v) is 16.6. The molecule has 0 bridgehead atoms. The highest BCUT2D eigenvalue weighted by atomic mass is 16.5. The van der Waals surface area contributed by atoms with Crippen LogP contribution in [0.4, 0.5) is 5.69 Å². The molecule has 6 nitrogen and oxygen atoms in total. The summed E-state index contributed by atoms with van der Waals surface area (Å²) in [6.07, 6.45) is 3.54. The summed E-state index contributed by atoms with van der Waals surface area (Å²) in [6.45, 7) is 7.36. The van der Waals surface area contributed by atoms with E-state index in [1.807, 2.05) is 25.1 Å². The van der Waals surface area contributed by atoms with Crippen molar-refractivity contribution < 1.29 is 14.3 Å². The molecule has 2 amide bonds. The molecule has 1 aliphatic rings. The zero-order valence-electron chi connectivity index (χ0n) is 16.6. The molecular weight excluding hydrogens is 354 g/mol. The van der Waals surface area contributed by atoms with E-state index >= 15 is 0 Å². The number of pyridine rings is 1. The van der Waals surface area contributed by atoms with Gasteiger partial charge < -0.3 is 15.4 Å². The number of rotatable bonds is 6. The number of anilines is 1. The van der Waals surface area contributed by atoms with Gasteiger partial charge in [0.05, 0.1) is 6.10 Å². The monoisotopic (exact) mass is 381 g/mol. The van der Waals surface area contributed by atoms with E-state index in [-0.39, 0.29) is 29.5 Å². The van der Waals surface area contributed by atoms with Gasteiger partial charge >= 0.3 is 0 Å². The molecule has 2 heterocycles. The average Bonchev–Trinajstić information content (AvgIpc) is 3.21. The fourth-order valence-corrected chi connectivity index (χ4v) is 3.33. The van der Waals surface area contributed by atoms with E-state index in [1.54, 1.807) is 6.07 Å². The second-order valence-electron chi connectivity index (χ2n) is 7.42. The fourth-order valence-electron chi connectivity index (χ4n) is 3.33. The van der Waals surface area contributed by atoms with Crippen LogP contribution < -0.4 is 10.6 Å². The molecule has 0 saturated carbocycles. The molecule has 1 unspecified atom stereocenters. The Labute approximate surface area is 165 Å². The summed E-state index contributed by atoms with van der Waals surface area (Å²) in [7, 11) is 0. The molecule has 1 aromatic carbocycles. The third-order valence-electron chi connectivity index (χ3n) is 4.93. The molecule has 28 heavy (non-hydrogen) atoms. The van der Waals surface area contributed by atoms with Crippen molar-refractivity contribution >= 4 is 17.5 Å². The van der Waals surface area contributed by atoms with E-state index in [0.29, 0.717) is 12.1 Å². The summed E-state index contributed by atoms with van der Waals surface area (Å²) in [5.41, 5.74) is 3.48. The average molecular weight is 381 g/mol. The number of ether oxygens (including phenoxy) is 1. The van der Waals surface area contributed by atoms with Crippen molar-refractivity contribution in [2.45, 2.75) is 45.6 Å². The van der Waals surface area contributed by atoms with E-state index in [9.17, 15) is 9.59 Å². The Morgan fingerprint density at radius 3 is 2.79 bits per heavy atom. The van der Waals surface area contributed by atoms with Crippen molar-refractivity contribution in [1.82, 2.24) is 10.3 Å². The minimum atomic E-state index is -0.329. The van der Waals surface area contributed by atoms with Crippen molar-refractivity contribution in [2.24, 2.45) is 0 Å². The van der Waals surface area contributed by atoms with E-state index in [2.05, 4.69) is 29.5 Å². The quantitative estimate of drug-likeness (QED) is 0.800. The molecule has 1 saturated heterocycles. The Morgan fingerprint density at radius 2 is 2.07 bits per heavy atom. The summed E-state index contributed by atoms with van der Waals surface area (Å²) < 4.78 is 5.52. The van der Waals surface area contributed by atoms with Crippen LogP contribution in [0.25, 0.3) is 0 Å². The number of aryl methyl sites for hydroxylation is 1. The highest BCUT2D eigenvalue weighted by Crippen LogP contribution is 2.27. The number of carbonyl (C=O) groups is 2. The van der Waals surface area contributed by atoms with Crippen LogP contribution in [0.1, 0.15) is 64.6 Å². The van der Waals surface area contributed by atoms with Gasteiger partial charge in [-0.1, -0.05) is 32.0 Å². The van der Waals surface area contributed by atoms with Crippen molar-refractivity contribution in [2.75, 3.05) is 18.5 Å². The number of para-hydroxylation sites is 1. The van der Waals surface area contributed by atoms with Gasteiger partial charge in [-0.25, -0.2) is 0 Å². The summed E-state index contributed by atoms with van der Waals surface area (Å²) in [5.74, 6) is -0.284. The van der Waals surface area contributed by atoms with E-state index in [4.69, 9.17) is 4.74 Å². The first-order chi connectivity index (χ1) is 13.5. The molecule has 6 heteroatoms. The highest BCUT2D eigenvalue weighted by Gasteiger charge is 2.18. The first-order valence-electron chi connectivity index (χ1n) is 9.72. The maximum Gasteiger partial charge on any atom is 0.274 e. The first kappa shape index (κ1) is 20.0. The van der Waals surface area contributed by atoms with Crippen LogP contribution in [-0.2, 0) is 4.74 Å². The van der Waals surface area contributed by atoms with Crippen LogP contribution in [0, 0.1) is 6.92 Å². The van der Waals surface area contributed by atoms with Crippen LogP contribution >= 0.6 is 0 Å². The summed E-state index contributed by atoms with van der Waals surface area (Å²) in [5, 5.41) is 5.83. The van der Waals surface area contributed by atoms with Crippen molar-refractivity contribution in [3.05, 3.63) is 58.9 Å². The number of aromatic nitrogens is 1. The number of carbonyl (C=O) groups excluding carboxylic acids is 2. The van der Waals surface area contributed by atoms with Gasteiger partial charge in [0.15, 0.2) is 0 Å². The number of nitrogens with zero attached hydrogens (tertiary/aromatic N) is 1. The van der Waals surface area contributed by atoms with E-state index < -0.39 is 0 Å². The second kappa shape index (κ2) is 8.97. The molecule has 0 radical (unpaired) electrons. The predicted octanol–water partition coefficient (Wildman–Crippen LogP) is 3.67. The zero-order chi connectivity index (χ0) is 20.1. The van der Waals surface area contributed by atoms with Gasteiger partial charge in [0.25, 0.3) is 11.8 Å². The predicted molar refractivity (Wildman–Crippen MR) is 109 cm³/mol. The van der Waals surface area contributed by atoms with Gasteiger partial charge in [0, 0.05) is 30.6 Å². The van der Waals surface area contributed by atoms with Crippen molar-refractivity contribution in [3.8, 4) is 0 Å². The van der Waals surface area contributed by atoms with Gasteiger partial charge in [-0.05, 0) is 48.9 Å². The summed E-state index contributed by atoms with van der Waals surface area (Å²) in [6, 6.07) is 9.08. The molecule has 1 aliphatic heterocycles. The van der Waals surface area contributed by atoms with Gasteiger partial charge in [-0.3, -0.25) is 14.6 Å². The van der Waals surface area contributed by atoms with Crippen molar-refractivity contribution in [1.29, 1.82) is 0 Å². The van der Waals surface area contributed by atoms with E-state index in [1.165, 1.54) is 12.3 Å². The maximum absolute atomic E-state index is 12.8. The number of benzene rings is 1. The third-order valence-corrected chi connectivity index (χ3v) is 4.93. The lowest BCUT2D eigenvalue weighted by molar-refractivity contribution is 0.0857. The molecule has 2 N–H and O–H groups in total. The lowest BCUT2D eigenvalue weighted by atomic mass is 9.98. The van der Waals surface area contributed by atoms with Gasteiger partial charge in [0.2, 0.25) is 0 Å². The molecule has 0 spiro atoms. The SMILES string of the molecule is Cc1cccc(C(C)C)c1NC(=O)c1cc(C(=O)NCC2CCCO2)ccn1. The Kier molecular flexibility index (Phi) is 6.41. The molecule has 2 aromatic rings. The van der Waals surface area contributed by atoms with Crippen LogP contribution in [-0.4, -0.2) is 36.1 Å². The lowest BCUT2D eigenvalue weighted by Gasteiger charge is -2.16. The normalized spacial score (nSPS) is 16.2. The first-order valence-corrected chi connectivity index (χ1v) is 9.72. The summed E-state index contributed by atoms with van der Waals surface area (Å²) in [4.78, 5) is 29.3. The second-order valence-corrected chi connectivity index (χ2v) is 7.42. The minimum Gasteiger partial charge on any atom is -0.376 e. The molecular formula is C22H27N3O3. The molecule has 148 valence electrons. The largest absolute Gasteiger partial charge is 0.376 e. The van der Waals surface area contributed by atoms with Crippen LogP contribution in [0.2, 0.25) is 0 Å². The fraction of sp³-hybridized carbons (Fsp3) is 0.409. The van der Waals surface area contributed by atoms with Gasteiger partial charge in [0.1, 0.15) is 5.69 Å². The Balaban J connectivity index is 1.71. The van der Waals surface area contributed by atoms with Crippen LogP contribution in [0.5, 0.6) is 0 Å². The van der Waals surface area contributed by atoms with Crippen LogP contribution in [0.15, 0.2) is 36.5 Å². The summed E-state index contributed by atoms with van der Waals surface area (Å²) >= 11 is 0.